The second-order valence-electron chi connectivity index (χ2n) is 5.80. The summed E-state index contributed by atoms with van der Waals surface area (Å²) in [7, 11) is 0. The van der Waals surface area contributed by atoms with Crippen LogP contribution in [0.4, 0.5) is 8.78 Å². The average molecular weight is 336 g/mol. The van der Waals surface area contributed by atoms with E-state index in [1.54, 1.807) is 6.20 Å². The topological polar surface area (TPSA) is 37.5 Å². The van der Waals surface area contributed by atoms with Crippen molar-refractivity contribution >= 4 is 5.65 Å². The number of hydrogen-bond acceptors (Lipinski definition) is 2. The highest BCUT2D eigenvalue weighted by molar-refractivity contribution is 5.68. The monoisotopic (exact) mass is 336 g/mol. The van der Waals surface area contributed by atoms with Crippen molar-refractivity contribution in [2.75, 3.05) is 0 Å². The van der Waals surface area contributed by atoms with E-state index >= 15 is 0 Å². The predicted octanol–water partition coefficient (Wildman–Crippen LogP) is 4.44. The van der Waals surface area contributed by atoms with Gasteiger partial charge < -0.3 is 9.51 Å². The Morgan fingerprint density at radius 3 is 2.48 bits per heavy atom. The second kappa shape index (κ2) is 6.11. The number of aromatic nitrogens is 2. The van der Waals surface area contributed by atoms with E-state index in [1.165, 1.54) is 6.07 Å². The van der Waals surface area contributed by atoms with E-state index in [0.717, 1.165) is 28.8 Å². The summed E-state index contributed by atoms with van der Waals surface area (Å²) in [4.78, 5) is 4.46. The van der Waals surface area contributed by atoms with Gasteiger partial charge in [-0.05, 0) is 53.1 Å². The molecule has 2 aromatic carbocycles. The van der Waals surface area contributed by atoms with Gasteiger partial charge in [0, 0.05) is 18.0 Å². The molecule has 25 heavy (non-hydrogen) atoms. The first-order valence-corrected chi connectivity index (χ1v) is 7.78. The summed E-state index contributed by atoms with van der Waals surface area (Å²) in [5.41, 5.74) is 4.59. The summed E-state index contributed by atoms with van der Waals surface area (Å²) in [6, 6.07) is 15.2. The molecule has 0 fully saturated rings. The van der Waals surface area contributed by atoms with E-state index in [0.29, 0.717) is 16.9 Å². The normalized spacial score (nSPS) is 11.2. The zero-order valence-corrected chi connectivity index (χ0v) is 13.2. The third-order valence-corrected chi connectivity index (χ3v) is 4.11. The predicted molar refractivity (Wildman–Crippen MR) is 91.9 cm³/mol. The third kappa shape index (κ3) is 2.90. The van der Waals surface area contributed by atoms with Crippen molar-refractivity contribution in [3.05, 3.63) is 84.2 Å². The highest BCUT2D eigenvalue weighted by atomic mass is 19.2. The standard InChI is InChI=1S/C20H14F2N2O/c21-17-6-4-15(9-18(17)22)19-11-24-10-16(5-7-20(24)23-19)14-3-1-2-13(8-14)12-25/h1-11,25H,12H2. The Hall–Kier alpha value is -3.05. The molecular formula is C20H14F2N2O. The van der Waals surface area contributed by atoms with Crippen molar-refractivity contribution < 1.29 is 13.9 Å². The molecule has 124 valence electrons. The molecule has 0 aliphatic heterocycles. The van der Waals surface area contributed by atoms with E-state index in [9.17, 15) is 13.9 Å². The fraction of sp³-hybridized carbons (Fsp3) is 0.0500. The molecule has 1 N–H and O–H groups in total. The Bertz CT molecular complexity index is 1070. The van der Waals surface area contributed by atoms with Gasteiger partial charge >= 0.3 is 0 Å². The summed E-state index contributed by atoms with van der Waals surface area (Å²) < 4.78 is 28.4. The van der Waals surface area contributed by atoms with Crippen LogP contribution in [0.3, 0.4) is 0 Å². The lowest BCUT2D eigenvalue weighted by atomic mass is 10.1. The van der Waals surface area contributed by atoms with Gasteiger partial charge in [-0.15, -0.1) is 0 Å². The Balaban J connectivity index is 1.77. The molecule has 2 heterocycles. The summed E-state index contributed by atoms with van der Waals surface area (Å²) in [5, 5.41) is 9.28. The number of imidazole rings is 1. The fourth-order valence-corrected chi connectivity index (χ4v) is 2.81. The Morgan fingerprint density at radius 2 is 1.68 bits per heavy atom. The molecular weight excluding hydrogens is 322 g/mol. The van der Waals surface area contributed by atoms with Crippen molar-refractivity contribution in [3.8, 4) is 22.4 Å². The number of benzene rings is 2. The van der Waals surface area contributed by atoms with Gasteiger partial charge in [-0.25, -0.2) is 13.8 Å². The van der Waals surface area contributed by atoms with Gasteiger partial charge in [0.1, 0.15) is 5.65 Å². The molecule has 0 saturated carbocycles. The van der Waals surface area contributed by atoms with Gasteiger partial charge in [-0.3, -0.25) is 0 Å². The van der Waals surface area contributed by atoms with Crippen molar-refractivity contribution in [2.24, 2.45) is 0 Å². The molecule has 0 unspecified atom stereocenters. The van der Waals surface area contributed by atoms with Gasteiger partial charge in [0.2, 0.25) is 0 Å². The molecule has 0 bridgehead atoms. The minimum Gasteiger partial charge on any atom is -0.392 e. The molecule has 2 aromatic heterocycles. The van der Waals surface area contributed by atoms with Crippen molar-refractivity contribution in [2.45, 2.75) is 6.61 Å². The number of rotatable bonds is 3. The fourth-order valence-electron chi connectivity index (χ4n) is 2.81. The molecule has 3 nitrogen and oxygen atoms in total. The first-order valence-electron chi connectivity index (χ1n) is 7.78. The molecule has 0 amide bonds. The molecule has 0 spiro atoms. The van der Waals surface area contributed by atoms with Crippen LogP contribution in [0.25, 0.3) is 28.0 Å². The van der Waals surface area contributed by atoms with Crippen LogP contribution >= 0.6 is 0 Å². The number of nitrogens with zero attached hydrogens (tertiary/aromatic N) is 2. The van der Waals surface area contributed by atoms with E-state index in [-0.39, 0.29) is 6.61 Å². The number of halogens is 2. The van der Waals surface area contributed by atoms with Gasteiger partial charge in [-0.1, -0.05) is 18.2 Å². The van der Waals surface area contributed by atoms with Crippen LogP contribution in [0.2, 0.25) is 0 Å². The summed E-state index contributed by atoms with van der Waals surface area (Å²) in [6.45, 7) is -0.0125. The van der Waals surface area contributed by atoms with Crippen LogP contribution < -0.4 is 0 Å². The largest absolute Gasteiger partial charge is 0.392 e. The van der Waals surface area contributed by atoms with Gasteiger partial charge in [0.25, 0.3) is 0 Å². The van der Waals surface area contributed by atoms with Crippen molar-refractivity contribution in [3.63, 3.8) is 0 Å². The molecule has 0 aliphatic rings. The maximum absolute atomic E-state index is 13.4. The highest BCUT2D eigenvalue weighted by Gasteiger charge is 2.09. The molecule has 0 aliphatic carbocycles. The van der Waals surface area contributed by atoms with Gasteiger partial charge in [0.15, 0.2) is 11.6 Å². The summed E-state index contributed by atoms with van der Waals surface area (Å²) in [6.07, 6.45) is 3.70. The van der Waals surface area contributed by atoms with E-state index in [4.69, 9.17) is 0 Å². The van der Waals surface area contributed by atoms with Crippen LogP contribution in [0.5, 0.6) is 0 Å². The minimum absolute atomic E-state index is 0.0125. The van der Waals surface area contributed by atoms with Crippen LogP contribution in [-0.4, -0.2) is 14.5 Å². The van der Waals surface area contributed by atoms with Gasteiger partial charge in [0.05, 0.1) is 12.3 Å². The van der Waals surface area contributed by atoms with Crippen LogP contribution in [0.15, 0.2) is 67.0 Å². The van der Waals surface area contributed by atoms with Crippen LogP contribution in [-0.2, 0) is 6.61 Å². The lowest BCUT2D eigenvalue weighted by molar-refractivity contribution is 0.282. The van der Waals surface area contributed by atoms with Crippen LogP contribution in [0.1, 0.15) is 5.56 Å². The smallest absolute Gasteiger partial charge is 0.159 e. The Labute approximate surface area is 142 Å². The lowest BCUT2D eigenvalue weighted by Gasteiger charge is -2.04. The molecule has 5 heteroatoms. The maximum Gasteiger partial charge on any atom is 0.159 e. The Kier molecular flexibility index (Phi) is 3.78. The van der Waals surface area contributed by atoms with E-state index < -0.39 is 11.6 Å². The first kappa shape index (κ1) is 15.5. The number of pyridine rings is 1. The minimum atomic E-state index is -0.893. The van der Waals surface area contributed by atoms with Crippen LogP contribution in [0, 0.1) is 11.6 Å². The van der Waals surface area contributed by atoms with E-state index in [2.05, 4.69) is 4.98 Å². The van der Waals surface area contributed by atoms with Crippen molar-refractivity contribution in [1.82, 2.24) is 9.38 Å². The molecule has 0 radical (unpaired) electrons. The van der Waals surface area contributed by atoms with E-state index in [1.807, 2.05) is 47.0 Å². The summed E-state index contributed by atoms with van der Waals surface area (Å²) >= 11 is 0. The maximum atomic E-state index is 13.4. The first-order chi connectivity index (χ1) is 12.1. The number of aliphatic hydroxyl groups is 1. The number of hydrogen-bond donors (Lipinski definition) is 1. The lowest BCUT2D eigenvalue weighted by Crippen LogP contribution is -1.87. The Morgan fingerprint density at radius 1 is 0.840 bits per heavy atom. The molecule has 0 atom stereocenters. The zero-order valence-electron chi connectivity index (χ0n) is 13.2. The van der Waals surface area contributed by atoms with Gasteiger partial charge in [-0.2, -0.15) is 0 Å². The average Bonchev–Trinajstić information content (AvgIpc) is 3.07. The zero-order chi connectivity index (χ0) is 17.4. The number of aliphatic hydroxyl groups excluding tert-OH is 1. The molecule has 4 aromatic rings. The number of fused-ring (bicyclic) bond motifs is 1. The second-order valence-corrected chi connectivity index (χ2v) is 5.80. The highest BCUT2D eigenvalue weighted by Crippen LogP contribution is 2.25. The van der Waals surface area contributed by atoms with Crippen molar-refractivity contribution in [1.29, 1.82) is 0 Å². The molecule has 4 rings (SSSR count). The third-order valence-electron chi connectivity index (χ3n) is 4.11. The SMILES string of the molecule is OCc1cccc(-c2ccc3nc(-c4ccc(F)c(F)c4)cn3c2)c1. The molecule has 0 saturated heterocycles. The quantitative estimate of drug-likeness (QED) is 0.601. The summed E-state index contributed by atoms with van der Waals surface area (Å²) in [5.74, 6) is -1.77.